The zero-order valence-corrected chi connectivity index (χ0v) is 13.5. The first-order chi connectivity index (χ1) is 10.0. The van der Waals surface area contributed by atoms with Gasteiger partial charge in [0.05, 0.1) is 12.5 Å². The van der Waals surface area contributed by atoms with Crippen molar-refractivity contribution in [2.24, 2.45) is 5.92 Å². The summed E-state index contributed by atoms with van der Waals surface area (Å²) >= 11 is 0. The third-order valence-corrected chi connectivity index (χ3v) is 3.56. The van der Waals surface area contributed by atoms with Crippen LogP contribution in [0.1, 0.15) is 71.6 Å². The molecule has 1 unspecified atom stereocenters. The molecule has 0 fully saturated rings. The Morgan fingerprint density at radius 2 is 1.57 bits per heavy atom. The van der Waals surface area contributed by atoms with Crippen LogP contribution in [0.15, 0.2) is 12.2 Å². The summed E-state index contributed by atoms with van der Waals surface area (Å²) in [7, 11) is 0. The molecule has 1 atom stereocenters. The molecule has 0 heterocycles. The second-order valence-corrected chi connectivity index (χ2v) is 5.46. The molecule has 4 heteroatoms. The third kappa shape index (κ3) is 9.27. The normalized spacial score (nSPS) is 11.9. The fourth-order valence-electron chi connectivity index (χ4n) is 2.15. The van der Waals surface area contributed by atoms with Crippen LogP contribution < -0.4 is 0 Å². The Kier molecular flexibility index (Phi) is 11.6. The van der Waals surface area contributed by atoms with Gasteiger partial charge in [-0.3, -0.25) is 4.79 Å². The van der Waals surface area contributed by atoms with E-state index < -0.39 is 17.9 Å². The molecular weight excluding hydrogens is 268 g/mol. The number of rotatable bonds is 13. The molecule has 0 saturated heterocycles. The predicted molar refractivity (Wildman–Crippen MR) is 84.1 cm³/mol. The summed E-state index contributed by atoms with van der Waals surface area (Å²) in [6, 6.07) is 0. The average Bonchev–Trinajstić information content (AvgIpc) is 2.45. The fourth-order valence-corrected chi connectivity index (χ4v) is 2.15. The third-order valence-electron chi connectivity index (χ3n) is 3.56. The average molecular weight is 298 g/mol. The summed E-state index contributed by atoms with van der Waals surface area (Å²) in [5, 5.41) is 9.22. The second-order valence-electron chi connectivity index (χ2n) is 5.46. The van der Waals surface area contributed by atoms with Crippen molar-refractivity contribution in [2.45, 2.75) is 71.6 Å². The minimum Gasteiger partial charge on any atom is -0.481 e. The minimum absolute atomic E-state index is 0.0782. The Morgan fingerprint density at radius 3 is 2.10 bits per heavy atom. The van der Waals surface area contributed by atoms with Crippen molar-refractivity contribution in [1.29, 1.82) is 0 Å². The lowest BCUT2D eigenvalue weighted by atomic mass is 9.94. The molecule has 0 aliphatic heterocycles. The van der Waals surface area contributed by atoms with Crippen LogP contribution in [0, 0.1) is 5.92 Å². The van der Waals surface area contributed by atoms with Crippen LogP contribution in [-0.2, 0) is 14.3 Å². The van der Waals surface area contributed by atoms with Gasteiger partial charge in [-0.05, 0) is 12.8 Å². The zero-order chi connectivity index (χ0) is 16.1. The molecule has 0 saturated carbocycles. The number of unbranched alkanes of at least 4 members (excludes halogenated alkanes) is 6. The first-order valence-corrected chi connectivity index (χ1v) is 8.13. The molecule has 0 radical (unpaired) electrons. The largest absolute Gasteiger partial charge is 0.481 e. The number of hydrogen-bond donors (Lipinski definition) is 1. The number of esters is 1. The lowest BCUT2D eigenvalue weighted by Crippen LogP contribution is -2.22. The molecule has 0 aliphatic carbocycles. The number of carbonyl (C=O) groups is 2. The Morgan fingerprint density at radius 1 is 1.00 bits per heavy atom. The van der Waals surface area contributed by atoms with Crippen molar-refractivity contribution < 1.29 is 19.4 Å². The van der Waals surface area contributed by atoms with Crippen molar-refractivity contribution in [1.82, 2.24) is 0 Å². The first kappa shape index (κ1) is 19.7. The maximum absolute atomic E-state index is 11.8. The molecule has 0 spiro atoms. The van der Waals surface area contributed by atoms with Gasteiger partial charge >= 0.3 is 11.9 Å². The summed E-state index contributed by atoms with van der Waals surface area (Å²) in [4.78, 5) is 23.1. The summed E-state index contributed by atoms with van der Waals surface area (Å²) in [6.45, 7) is 8.20. The van der Waals surface area contributed by atoms with E-state index in [-0.39, 0.29) is 5.57 Å². The Labute approximate surface area is 128 Å². The van der Waals surface area contributed by atoms with E-state index in [4.69, 9.17) is 4.74 Å². The van der Waals surface area contributed by atoms with Crippen molar-refractivity contribution in [3.63, 3.8) is 0 Å². The quantitative estimate of drug-likeness (QED) is 0.312. The first-order valence-electron chi connectivity index (χ1n) is 8.13. The molecule has 0 bridgehead atoms. The SMILES string of the molecule is C=C(C(=O)OCCCCCC)C(CCCCCC)C(=O)O. The van der Waals surface area contributed by atoms with Gasteiger partial charge in [-0.2, -0.15) is 0 Å². The number of carboxylic acid groups (broad SMARTS) is 1. The highest BCUT2D eigenvalue weighted by Crippen LogP contribution is 2.20. The van der Waals surface area contributed by atoms with Crippen LogP contribution in [0.5, 0.6) is 0 Å². The zero-order valence-electron chi connectivity index (χ0n) is 13.5. The highest BCUT2D eigenvalue weighted by molar-refractivity contribution is 5.94. The van der Waals surface area contributed by atoms with Gasteiger partial charge in [0.2, 0.25) is 0 Å². The van der Waals surface area contributed by atoms with Crippen LogP contribution >= 0.6 is 0 Å². The molecule has 0 amide bonds. The van der Waals surface area contributed by atoms with Crippen molar-refractivity contribution in [3.05, 3.63) is 12.2 Å². The lowest BCUT2D eigenvalue weighted by molar-refractivity contribution is -0.146. The highest BCUT2D eigenvalue weighted by atomic mass is 16.5. The number of hydrogen-bond acceptors (Lipinski definition) is 3. The Bertz CT molecular complexity index is 323. The van der Waals surface area contributed by atoms with Gasteiger partial charge in [0, 0.05) is 5.57 Å². The van der Waals surface area contributed by atoms with E-state index in [1.165, 1.54) is 0 Å². The maximum Gasteiger partial charge on any atom is 0.334 e. The molecule has 0 aromatic heterocycles. The molecule has 0 aliphatic rings. The predicted octanol–water partition coefficient (Wildman–Crippen LogP) is 4.34. The fraction of sp³-hybridized carbons (Fsp3) is 0.765. The van der Waals surface area contributed by atoms with Gasteiger partial charge in [-0.1, -0.05) is 65.4 Å². The van der Waals surface area contributed by atoms with E-state index in [1.807, 2.05) is 0 Å². The van der Waals surface area contributed by atoms with Gasteiger partial charge in [0.15, 0.2) is 0 Å². The monoisotopic (exact) mass is 298 g/mol. The van der Waals surface area contributed by atoms with E-state index >= 15 is 0 Å². The molecule has 122 valence electrons. The van der Waals surface area contributed by atoms with Crippen LogP contribution in [0.3, 0.4) is 0 Å². The smallest absolute Gasteiger partial charge is 0.334 e. The number of ether oxygens (including phenoxy) is 1. The maximum atomic E-state index is 11.8. The molecule has 1 N–H and O–H groups in total. The number of carboxylic acids is 1. The van der Waals surface area contributed by atoms with E-state index in [0.717, 1.165) is 51.4 Å². The lowest BCUT2D eigenvalue weighted by Gasteiger charge is -2.14. The summed E-state index contributed by atoms with van der Waals surface area (Å²) < 4.78 is 5.11. The standard InChI is InChI=1S/C17H30O4/c1-4-6-8-10-12-15(16(18)19)14(3)17(20)21-13-11-9-7-5-2/h15H,3-13H2,1-2H3,(H,18,19). The van der Waals surface area contributed by atoms with Gasteiger partial charge in [-0.15, -0.1) is 0 Å². The van der Waals surface area contributed by atoms with E-state index in [9.17, 15) is 14.7 Å². The summed E-state index contributed by atoms with van der Waals surface area (Å²) in [5.74, 6) is -2.36. The molecule has 0 aromatic carbocycles. The number of carbonyl (C=O) groups excluding carboxylic acids is 1. The Hall–Kier alpha value is -1.32. The van der Waals surface area contributed by atoms with Gasteiger partial charge < -0.3 is 9.84 Å². The Balaban J connectivity index is 4.13. The molecular formula is C17H30O4. The van der Waals surface area contributed by atoms with Crippen LogP contribution in [-0.4, -0.2) is 23.7 Å². The molecule has 4 nitrogen and oxygen atoms in total. The van der Waals surface area contributed by atoms with Crippen LogP contribution in [0.25, 0.3) is 0 Å². The summed E-state index contributed by atoms with van der Waals surface area (Å²) in [5.41, 5.74) is 0.0782. The summed E-state index contributed by atoms with van der Waals surface area (Å²) in [6.07, 6.45) is 8.51. The van der Waals surface area contributed by atoms with Crippen molar-refractivity contribution in [2.75, 3.05) is 6.61 Å². The van der Waals surface area contributed by atoms with Crippen LogP contribution in [0.4, 0.5) is 0 Å². The van der Waals surface area contributed by atoms with E-state index in [1.54, 1.807) is 0 Å². The number of aliphatic carboxylic acids is 1. The minimum atomic E-state index is -0.987. The molecule has 0 aromatic rings. The van der Waals surface area contributed by atoms with Gasteiger partial charge in [0.1, 0.15) is 0 Å². The molecule has 0 rings (SSSR count). The second kappa shape index (κ2) is 12.4. The highest BCUT2D eigenvalue weighted by Gasteiger charge is 2.26. The topological polar surface area (TPSA) is 63.6 Å². The van der Waals surface area contributed by atoms with Crippen molar-refractivity contribution in [3.8, 4) is 0 Å². The van der Waals surface area contributed by atoms with E-state index in [2.05, 4.69) is 20.4 Å². The van der Waals surface area contributed by atoms with Crippen LogP contribution in [0.2, 0.25) is 0 Å². The van der Waals surface area contributed by atoms with Gasteiger partial charge in [-0.25, -0.2) is 4.79 Å². The molecule has 21 heavy (non-hydrogen) atoms. The van der Waals surface area contributed by atoms with Crippen molar-refractivity contribution >= 4 is 11.9 Å². The van der Waals surface area contributed by atoms with E-state index in [0.29, 0.717) is 13.0 Å². The van der Waals surface area contributed by atoms with Gasteiger partial charge in [0.25, 0.3) is 0 Å².